The second kappa shape index (κ2) is 10.0. The van der Waals surface area contributed by atoms with Crippen LogP contribution in [0.1, 0.15) is 42.3 Å². The van der Waals surface area contributed by atoms with Crippen LogP contribution in [0.15, 0.2) is 53.1 Å². The van der Waals surface area contributed by atoms with Gasteiger partial charge in [-0.2, -0.15) is 4.98 Å². The highest BCUT2D eigenvalue weighted by Gasteiger charge is 2.32. The predicted molar refractivity (Wildman–Crippen MR) is 119 cm³/mol. The molecule has 1 atom stereocenters. The van der Waals surface area contributed by atoms with Crippen LogP contribution >= 0.6 is 0 Å². The SMILES string of the molecule is CC(C)Cc1noc(CN2Cc3ccccc3CC2C(=O)NCCc2ccc(F)cc2)n1. The van der Waals surface area contributed by atoms with Gasteiger partial charge in [0.2, 0.25) is 11.8 Å². The van der Waals surface area contributed by atoms with E-state index < -0.39 is 0 Å². The number of hydrogen-bond donors (Lipinski definition) is 1. The van der Waals surface area contributed by atoms with E-state index in [1.807, 2.05) is 12.1 Å². The molecule has 0 radical (unpaired) electrons. The number of hydrogen-bond acceptors (Lipinski definition) is 5. The van der Waals surface area contributed by atoms with Crippen molar-refractivity contribution in [2.24, 2.45) is 5.92 Å². The van der Waals surface area contributed by atoms with Crippen LogP contribution < -0.4 is 5.32 Å². The molecule has 3 aromatic rings. The lowest BCUT2D eigenvalue weighted by atomic mass is 9.93. The lowest BCUT2D eigenvalue weighted by Crippen LogP contribution is -2.50. The molecule has 6 nitrogen and oxygen atoms in total. The molecule has 1 amide bonds. The van der Waals surface area contributed by atoms with E-state index in [4.69, 9.17) is 4.52 Å². The third-order valence-corrected chi connectivity index (χ3v) is 5.71. The van der Waals surface area contributed by atoms with Gasteiger partial charge in [0.1, 0.15) is 5.82 Å². The molecular formula is C25H29FN4O2. The number of aromatic nitrogens is 2. The molecule has 0 saturated carbocycles. The lowest BCUT2D eigenvalue weighted by molar-refractivity contribution is -0.127. The molecule has 1 aromatic heterocycles. The molecule has 1 N–H and O–H groups in total. The van der Waals surface area contributed by atoms with Gasteiger partial charge in [-0.1, -0.05) is 55.4 Å². The van der Waals surface area contributed by atoms with Crippen molar-refractivity contribution >= 4 is 5.91 Å². The molecule has 32 heavy (non-hydrogen) atoms. The van der Waals surface area contributed by atoms with Gasteiger partial charge >= 0.3 is 0 Å². The molecule has 0 bridgehead atoms. The summed E-state index contributed by atoms with van der Waals surface area (Å²) in [6, 6.07) is 14.3. The van der Waals surface area contributed by atoms with Gasteiger partial charge in [0.25, 0.3) is 0 Å². The average Bonchev–Trinajstić information content (AvgIpc) is 3.20. The van der Waals surface area contributed by atoms with E-state index in [2.05, 4.69) is 46.3 Å². The third kappa shape index (κ3) is 5.59. The van der Waals surface area contributed by atoms with Crippen molar-refractivity contribution in [3.05, 3.63) is 82.8 Å². The molecule has 0 aliphatic carbocycles. The molecule has 168 valence electrons. The summed E-state index contributed by atoms with van der Waals surface area (Å²) in [4.78, 5) is 19.7. The van der Waals surface area contributed by atoms with Crippen molar-refractivity contribution in [1.82, 2.24) is 20.4 Å². The maximum Gasteiger partial charge on any atom is 0.240 e. The van der Waals surface area contributed by atoms with Crippen molar-refractivity contribution in [2.75, 3.05) is 6.54 Å². The Balaban J connectivity index is 1.43. The van der Waals surface area contributed by atoms with Gasteiger partial charge in [-0.3, -0.25) is 9.69 Å². The van der Waals surface area contributed by atoms with Gasteiger partial charge in [0.15, 0.2) is 5.82 Å². The van der Waals surface area contributed by atoms with E-state index in [0.29, 0.717) is 50.1 Å². The van der Waals surface area contributed by atoms with E-state index in [-0.39, 0.29) is 17.8 Å². The third-order valence-electron chi connectivity index (χ3n) is 5.71. The summed E-state index contributed by atoms with van der Waals surface area (Å²) in [6.07, 6.45) is 2.04. The number of fused-ring (bicyclic) bond motifs is 1. The molecule has 1 unspecified atom stereocenters. The van der Waals surface area contributed by atoms with Gasteiger partial charge < -0.3 is 9.84 Å². The summed E-state index contributed by atoms with van der Waals surface area (Å²) in [6.45, 7) is 5.80. The van der Waals surface area contributed by atoms with Crippen LogP contribution in [0.4, 0.5) is 4.39 Å². The molecule has 1 aliphatic heterocycles. The zero-order valence-corrected chi connectivity index (χ0v) is 18.6. The van der Waals surface area contributed by atoms with Gasteiger partial charge in [0.05, 0.1) is 12.6 Å². The standard InChI is InChI=1S/C25H29FN4O2/c1-17(2)13-23-28-24(32-29-23)16-30-15-20-6-4-3-5-19(20)14-22(30)25(31)27-12-11-18-7-9-21(26)10-8-18/h3-10,17,22H,11-16H2,1-2H3,(H,27,31). The molecule has 1 aliphatic rings. The Labute approximate surface area is 187 Å². The molecule has 2 heterocycles. The fourth-order valence-electron chi connectivity index (χ4n) is 4.08. The van der Waals surface area contributed by atoms with Crippen molar-refractivity contribution in [2.45, 2.75) is 52.2 Å². The molecule has 7 heteroatoms. The molecule has 0 saturated heterocycles. The zero-order valence-electron chi connectivity index (χ0n) is 18.6. The second-order valence-corrected chi connectivity index (χ2v) is 8.76. The quantitative estimate of drug-likeness (QED) is 0.583. The predicted octanol–water partition coefficient (Wildman–Crippen LogP) is 3.69. The first-order valence-corrected chi connectivity index (χ1v) is 11.1. The number of carbonyl (C=O) groups excluding carboxylic acids is 1. The van der Waals surface area contributed by atoms with Crippen LogP contribution in [0.25, 0.3) is 0 Å². The minimum absolute atomic E-state index is 0.0245. The Morgan fingerprint density at radius 3 is 2.69 bits per heavy atom. The Morgan fingerprint density at radius 2 is 1.94 bits per heavy atom. The number of carbonyl (C=O) groups is 1. The van der Waals surface area contributed by atoms with Crippen LogP contribution in [-0.2, 0) is 37.1 Å². The monoisotopic (exact) mass is 436 g/mol. The molecule has 4 rings (SSSR count). The zero-order chi connectivity index (χ0) is 22.5. The van der Waals surface area contributed by atoms with Crippen LogP contribution in [0.5, 0.6) is 0 Å². The van der Waals surface area contributed by atoms with Crippen molar-refractivity contribution in [3.63, 3.8) is 0 Å². The van der Waals surface area contributed by atoms with Crippen LogP contribution in [0.3, 0.4) is 0 Å². The van der Waals surface area contributed by atoms with E-state index >= 15 is 0 Å². The number of rotatable bonds is 8. The first-order valence-electron chi connectivity index (χ1n) is 11.1. The molecule has 0 fully saturated rings. The van der Waals surface area contributed by atoms with Gasteiger partial charge in [-0.15, -0.1) is 0 Å². The van der Waals surface area contributed by atoms with E-state index in [1.165, 1.54) is 23.3 Å². The van der Waals surface area contributed by atoms with Gasteiger partial charge in [-0.05, 0) is 47.6 Å². The van der Waals surface area contributed by atoms with Crippen LogP contribution in [0.2, 0.25) is 0 Å². The molecular weight excluding hydrogens is 407 g/mol. The highest BCUT2D eigenvalue weighted by molar-refractivity contribution is 5.82. The number of halogens is 1. The first kappa shape index (κ1) is 22.1. The highest BCUT2D eigenvalue weighted by Crippen LogP contribution is 2.25. The Morgan fingerprint density at radius 1 is 1.19 bits per heavy atom. The summed E-state index contributed by atoms with van der Waals surface area (Å²) in [5, 5.41) is 7.14. The fraction of sp³-hybridized carbons (Fsp3) is 0.400. The largest absolute Gasteiger partial charge is 0.354 e. The molecule has 0 spiro atoms. The smallest absolute Gasteiger partial charge is 0.240 e. The average molecular weight is 437 g/mol. The van der Waals surface area contributed by atoms with Crippen molar-refractivity contribution in [1.29, 1.82) is 0 Å². The number of nitrogens with one attached hydrogen (secondary N) is 1. The second-order valence-electron chi connectivity index (χ2n) is 8.76. The summed E-state index contributed by atoms with van der Waals surface area (Å²) in [7, 11) is 0. The van der Waals surface area contributed by atoms with E-state index in [9.17, 15) is 9.18 Å². The van der Waals surface area contributed by atoms with Gasteiger partial charge in [-0.25, -0.2) is 4.39 Å². The van der Waals surface area contributed by atoms with E-state index in [1.54, 1.807) is 12.1 Å². The maximum absolute atomic E-state index is 13.1. The first-order chi connectivity index (χ1) is 15.5. The van der Waals surface area contributed by atoms with Crippen LogP contribution in [-0.4, -0.2) is 33.5 Å². The summed E-state index contributed by atoms with van der Waals surface area (Å²) in [5.74, 6) is 1.40. The minimum Gasteiger partial charge on any atom is -0.354 e. The van der Waals surface area contributed by atoms with Crippen molar-refractivity contribution in [3.8, 4) is 0 Å². The van der Waals surface area contributed by atoms with Crippen LogP contribution in [0, 0.1) is 11.7 Å². The Kier molecular flexibility index (Phi) is 6.95. The normalized spacial score (nSPS) is 16.2. The summed E-state index contributed by atoms with van der Waals surface area (Å²) < 4.78 is 18.6. The maximum atomic E-state index is 13.1. The van der Waals surface area contributed by atoms with E-state index in [0.717, 1.165) is 12.0 Å². The Hall–Kier alpha value is -3.06. The lowest BCUT2D eigenvalue weighted by Gasteiger charge is -2.35. The number of nitrogens with zero attached hydrogens (tertiary/aromatic N) is 3. The minimum atomic E-state index is -0.321. The topological polar surface area (TPSA) is 71.3 Å². The number of benzene rings is 2. The number of amides is 1. The molecule has 2 aromatic carbocycles. The summed E-state index contributed by atoms with van der Waals surface area (Å²) in [5.41, 5.74) is 3.39. The van der Waals surface area contributed by atoms with Crippen molar-refractivity contribution < 1.29 is 13.7 Å². The van der Waals surface area contributed by atoms with Gasteiger partial charge in [0, 0.05) is 19.5 Å². The highest BCUT2D eigenvalue weighted by atomic mass is 19.1. The fourth-order valence-corrected chi connectivity index (χ4v) is 4.08. The summed E-state index contributed by atoms with van der Waals surface area (Å²) >= 11 is 0. The Bertz CT molecular complexity index is 1050.